The summed E-state index contributed by atoms with van der Waals surface area (Å²) in [6.07, 6.45) is 4.21. The summed E-state index contributed by atoms with van der Waals surface area (Å²) in [5.41, 5.74) is 4.15. The summed E-state index contributed by atoms with van der Waals surface area (Å²) >= 11 is 11.8. The van der Waals surface area contributed by atoms with E-state index in [-0.39, 0.29) is 5.91 Å². The molecule has 1 heterocycles. The Morgan fingerprint density at radius 1 is 1.25 bits per heavy atom. The zero-order valence-corrected chi connectivity index (χ0v) is 14.6. The zero-order valence-electron chi connectivity index (χ0n) is 13.1. The molecule has 5 nitrogen and oxygen atoms in total. The van der Waals surface area contributed by atoms with Crippen LogP contribution in [0.2, 0.25) is 10.0 Å². The van der Waals surface area contributed by atoms with Gasteiger partial charge in [-0.05, 0) is 43.7 Å². The van der Waals surface area contributed by atoms with Gasteiger partial charge in [0.15, 0.2) is 0 Å². The number of hydrogen-bond donors (Lipinski definition) is 1. The molecule has 0 saturated heterocycles. The minimum Gasteiger partial charge on any atom is -0.492 e. The molecule has 126 valence electrons. The van der Waals surface area contributed by atoms with Gasteiger partial charge in [0.2, 0.25) is 5.91 Å². The van der Waals surface area contributed by atoms with E-state index in [1.54, 1.807) is 30.6 Å². The molecule has 1 amide bonds. The molecule has 1 N–H and O–H groups in total. The summed E-state index contributed by atoms with van der Waals surface area (Å²) in [6.45, 7) is 2.20. The van der Waals surface area contributed by atoms with Crippen LogP contribution in [-0.4, -0.2) is 23.2 Å². The number of aromatic nitrogens is 1. The third kappa shape index (κ3) is 5.83. The quantitative estimate of drug-likeness (QED) is 0.456. The van der Waals surface area contributed by atoms with E-state index in [2.05, 4.69) is 15.5 Å². The van der Waals surface area contributed by atoms with Crippen molar-refractivity contribution in [1.29, 1.82) is 0 Å². The van der Waals surface area contributed by atoms with Crippen molar-refractivity contribution in [2.45, 2.75) is 19.8 Å². The third-order valence-electron chi connectivity index (χ3n) is 3.15. The molecule has 0 radical (unpaired) electrons. The monoisotopic (exact) mass is 365 g/mol. The van der Waals surface area contributed by atoms with Gasteiger partial charge < -0.3 is 4.74 Å². The fourth-order valence-electron chi connectivity index (χ4n) is 1.87. The Morgan fingerprint density at radius 2 is 2.00 bits per heavy atom. The van der Waals surface area contributed by atoms with Gasteiger partial charge in [0.05, 0.1) is 17.3 Å². The van der Waals surface area contributed by atoms with Crippen LogP contribution in [0.1, 0.15) is 25.3 Å². The minimum absolute atomic E-state index is 0.172. The highest BCUT2D eigenvalue weighted by Gasteiger charge is 2.04. The number of amides is 1. The van der Waals surface area contributed by atoms with Crippen molar-refractivity contribution < 1.29 is 9.53 Å². The Balaban J connectivity index is 1.72. The number of rotatable bonds is 7. The summed E-state index contributed by atoms with van der Waals surface area (Å²) in [4.78, 5) is 15.7. The number of carbonyl (C=O) groups is 1. The molecule has 0 aliphatic heterocycles. The van der Waals surface area contributed by atoms with Crippen LogP contribution < -0.4 is 10.2 Å². The number of pyridine rings is 1. The molecule has 0 atom stereocenters. The lowest BCUT2D eigenvalue weighted by atomic mass is 10.2. The Morgan fingerprint density at radius 3 is 2.71 bits per heavy atom. The maximum absolute atomic E-state index is 11.8. The number of ether oxygens (including phenoxy) is 1. The van der Waals surface area contributed by atoms with Gasteiger partial charge in [-0.3, -0.25) is 9.78 Å². The van der Waals surface area contributed by atoms with E-state index in [0.29, 0.717) is 35.2 Å². The highest BCUT2D eigenvalue weighted by atomic mass is 35.5. The number of carbonyl (C=O) groups excluding carboxylic acids is 1. The largest absolute Gasteiger partial charge is 0.492 e. The predicted octanol–water partition coefficient (Wildman–Crippen LogP) is 4.09. The first-order valence-corrected chi connectivity index (χ1v) is 8.13. The second-order valence-corrected chi connectivity index (χ2v) is 5.84. The first-order chi connectivity index (χ1) is 11.6. The molecule has 24 heavy (non-hydrogen) atoms. The van der Waals surface area contributed by atoms with Crippen LogP contribution >= 0.6 is 23.2 Å². The van der Waals surface area contributed by atoms with Gasteiger partial charge in [-0.1, -0.05) is 23.2 Å². The van der Waals surface area contributed by atoms with E-state index in [4.69, 9.17) is 27.9 Å². The first kappa shape index (κ1) is 18.2. The molecule has 0 spiro atoms. The molecule has 1 aromatic heterocycles. The van der Waals surface area contributed by atoms with E-state index in [1.165, 1.54) is 0 Å². The number of hydrogen-bond acceptors (Lipinski definition) is 4. The fraction of sp³-hybridized carbons (Fsp3) is 0.235. The van der Waals surface area contributed by atoms with E-state index in [0.717, 1.165) is 11.3 Å². The third-order valence-corrected chi connectivity index (χ3v) is 3.68. The highest BCUT2D eigenvalue weighted by Crippen LogP contribution is 2.27. The minimum atomic E-state index is -0.172. The average molecular weight is 366 g/mol. The maximum atomic E-state index is 11.8. The van der Waals surface area contributed by atoms with Crippen molar-refractivity contribution in [1.82, 2.24) is 10.4 Å². The lowest BCUT2D eigenvalue weighted by Gasteiger charge is -2.08. The van der Waals surface area contributed by atoms with Gasteiger partial charge in [-0.2, -0.15) is 5.10 Å². The summed E-state index contributed by atoms with van der Waals surface area (Å²) in [5.74, 6) is 0.377. The number of nitrogens with zero attached hydrogens (tertiary/aromatic N) is 2. The van der Waals surface area contributed by atoms with Crippen LogP contribution in [0, 0.1) is 0 Å². The molecule has 0 saturated carbocycles. The van der Waals surface area contributed by atoms with Crippen molar-refractivity contribution >= 4 is 34.8 Å². The molecule has 2 rings (SSSR count). The summed E-state index contributed by atoms with van der Waals surface area (Å²) < 4.78 is 5.52. The molecule has 0 unspecified atom stereocenters. The zero-order chi connectivity index (χ0) is 17.4. The maximum Gasteiger partial charge on any atom is 0.240 e. The molecule has 2 aromatic rings. The summed E-state index contributed by atoms with van der Waals surface area (Å²) in [6, 6.07) is 8.67. The number of halogens is 2. The molecule has 1 aromatic carbocycles. The highest BCUT2D eigenvalue weighted by molar-refractivity contribution is 6.35. The van der Waals surface area contributed by atoms with E-state index >= 15 is 0 Å². The van der Waals surface area contributed by atoms with Crippen LogP contribution in [0.3, 0.4) is 0 Å². The molecule has 0 aliphatic rings. The standard InChI is InChI=1S/C17H17Cl2N3O2/c1-12(13-6-8-20-9-7-13)21-22-17(23)3-2-10-24-16-5-4-14(18)11-15(16)19/h4-9,11H,2-3,10H2,1H3,(H,22,23). The van der Waals surface area contributed by atoms with Crippen molar-refractivity contribution in [2.75, 3.05) is 6.61 Å². The molecular weight excluding hydrogens is 349 g/mol. The van der Waals surface area contributed by atoms with Gasteiger partial charge in [0, 0.05) is 29.4 Å². The average Bonchev–Trinajstić information content (AvgIpc) is 2.59. The predicted molar refractivity (Wildman–Crippen MR) is 95.8 cm³/mol. The van der Waals surface area contributed by atoms with Crippen LogP contribution in [0.4, 0.5) is 0 Å². The van der Waals surface area contributed by atoms with Crippen LogP contribution in [0.25, 0.3) is 0 Å². The normalized spacial score (nSPS) is 11.2. The Bertz CT molecular complexity index is 721. The molecule has 0 bridgehead atoms. The molecule has 7 heteroatoms. The number of benzene rings is 1. The SMILES string of the molecule is CC(=NNC(=O)CCCOc1ccc(Cl)cc1Cl)c1ccncc1. The summed E-state index contributed by atoms with van der Waals surface area (Å²) in [7, 11) is 0. The number of hydrazone groups is 1. The van der Waals surface area contributed by atoms with Crippen molar-refractivity contribution in [3.05, 3.63) is 58.3 Å². The summed E-state index contributed by atoms with van der Waals surface area (Å²) in [5, 5.41) is 5.07. The van der Waals surface area contributed by atoms with E-state index in [1.807, 2.05) is 19.1 Å². The Labute approximate surface area is 150 Å². The first-order valence-electron chi connectivity index (χ1n) is 7.37. The van der Waals surface area contributed by atoms with Gasteiger partial charge in [0.1, 0.15) is 5.75 Å². The van der Waals surface area contributed by atoms with Crippen LogP contribution in [0.5, 0.6) is 5.75 Å². The Hall–Kier alpha value is -2.11. The van der Waals surface area contributed by atoms with Gasteiger partial charge >= 0.3 is 0 Å². The molecular formula is C17H17Cl2N3O2. The van der Waals surface area contributed by atoms with Crippen LogP contribution in [-0.2, 0) is 4.79 Å². The number of nitrogens with one attached hydrogen (secondary N) is 1. The topological polar surface area (TPSA) is 63.6 Å². The molecule has 0 aliphatic carbocycles. The van der Waals surface area contributed by atoms with Crippen molar-refractivity contribution in [3.8, 4) is 5.75 Å². The lowest BCUT2D eigenvalue weighted by molar-refractivity contribution is -0.121. The fourth-order valence-corrected chi connectivity index (χ4v) is 2.33. The Kier molecular flexibility index (Phi) is 7.03. The van der Waals surface area contributed by atoms with Crippen LogP contribution in [0.15, 0.2) is 47.8 Å². The van der Waals surface area contributed by atoms with Crippen molar-refractivity contribution in [3.63, 3.8) is 0 Å². The molecule has 0 fully saturated rings. The van der Waals surface area contributed by atoms with Gasteiger partial charge in [-0.15, -0.1) is 0 Å². The van der Waals surface area contributed by atoms with E-state index in [9.17, 15) is 4.79 Å². The van der Waals surface area contributed by atoms with Gasteiger partial charge in [0.25, 0.3) is 0 Å². The van der Waals surface area contributed by atoms with E-state index < -0.39 is 0 Å². The lowest BCUT2D eigenvalue weighted by Crippen LogP contribution is -2.19. The van der Waals surface area contributed by atoms with Gasteiger partial charge in [-0.25, -0.2) is 5.43 Å². The van der Waals surface area contributed by atoms with Crippen molar-refractivity contribution in [2.24, 2.45) is 5.10 Å². The second kappa shape index (κ2) is 9.25. The second-order valence-electron chi connectivity index (χ2n) is 4.99. The smallest absolute Gasteiger partial charge is 0.240 e.